The number of aliphatic hydroxyl groups is 2. The Morgan fingerprint density at radius 3 is 2.44 bits per heavy atom. The molecule has 1 aromatic carbocycles. The van der Waals surface area contributed by atoms with E-state index in [2.05, 4.69) is 5.43 Å². The number of benzene rings is 1. The number of hydrazine groups is 1. The minimum absolute atomic E-state index is 0.342. The lowest BCUT2D eigenvalue weighted by Gasteiger charge is -2.23. The summed E-state index contributed by atoms with van der Waals surface area (Å²) in [7, 11) is 0. The normalized spacial score (nSPS) is 11.2. The Balaban J connectivity index is 3.13. The smallest absolute Gasteiger partial charge is 0.175 e. The van der Waals surface area contributed by atoms with Crippen molar-refractivity contribution in [3.05, 3.63) is 29.8 Å². The largest absolute Gasteiger partial charge is 0.395 e. The molecule has 0 aromatic heterocycles. The first kappa shape index (κ1) is 12.6. The highest BCUT2D eigenvalue weighted by molar-refractivity contribution is 6.04. The van der Waals surface area contributed by atoms with Gasteiger partial charge in [0.2, 0.25) is 0 Å². The predicted molar refractivity (Wildman–Crippen MR) is 60.9 cm³/mol. The van der Waals surface area contributed by atoms with Crippen molar-refractivity contribution in [3.63, 3.8) is 0 Å². The fourth-order valence-electron chi connectivity index (χ4n) is 1.33. The zero-order chi connectivity index (χ0) is 12.2. The van der Waals surface area contributed by atoms with Gasteiger partial charge in [0.05, 0.1) is 24.3 Å². The SMILES string of the molecule is CC(CO)(CO)C(=O)c1ccccc1NN. The van der Waals surface area contributed by atoms with Gasteiger partial charge in [-0.25, -0.2) is 0 Å². The molecular weight excluding hydrogens is 208 g/mol. The molecule has 1 rings (SSSR count). The predicted octanol–water partition coefficient (Wildman–Crippen LogP) is 0.146. The van der Waals surface area contributed by atoms with Crippen LogP contribution in [0.2, 0.25) is 0 Å². The Hall–Kier alpha value is -1.43. The Bertz CT molecular complexity index is 375. The molecule has 0 saturated carbocycles. The van der Waals surface area contributed by atoms with Gasteiger partial charge in [-0.05, 0) is 19.1 Å². The molecule has 0 atom stereocenters. The molecule has 0 aliphatic rings. The van der Waals surface area contributed by atoms with Crippen molar-refractivity contribution in [1.29, 1.82) is 0 Å². The number of aliphatic hydroxyl groups excluding tert-OH is 2. The van der Waals surface area contributed by atoms with E-state index in [0.29, 0.717) is 11.3 Å². The lowest BCUT2D eigenvalue weighted by Crippen LogP contribution is -2.36. The number of carbonyl (C=O) groups is 1. The van der Waals surface area contributed by atoms with Crippen LogP contribution in [0.3, 0.4) is 0 Å². The molecule has 5 nitrogen and oxygen atoms in total. The number of rotatable bonds is 5. The third kappa shape index (κ3) is 2.21. The summed E-state index contributed by atoms with van der Waals surface area (Å²) in [5, 5.41) is 18.3. The number of ketones is 1. The third-order valence-electron chi connectivity index (χ3n) is 2.57. The standard InChI is InChI=1S/C11H16N2O3/c1-11(6-14,7-15)10(16)8-4-2-3-5-9(8)13-12/h2-5,13-15H,6-7,12H2,1H3. The van der Waals surface area contributed by atoms with E-state index in [4.69, 9.17) is 16.1 Å². The molecule has 1 aromatic rings. The van der Waals surface area contributed by atoms with Crippen molar-refractivity contribution >= 4 is 11.5 Å². The lowest BCUT2D eigenvalue weighted by molar-refractivity contribution is 0.0483. The van der Waals surface area contributed by atoms with Crippen LogP contribution in [-0.2, 0) is 0 Å². The number of para-hydroxylation sites is 1. The summed E-state index contributed by atoms with van der Waals surface area (Å²) in [6, 6.07) is 6.69. The molecule has 0 unspecified atom stereocenters. The van der Waals surface area contributed by atoms with E-state index in [1.54, 1.807) is 24.3 Å². The van der Waals surface area contributed by atoms with Gasteiger partial charge in [0.15, 0.2) is 5.78 Å². The van der Waals surface area contributed by atoms with Gasteiger partial charge in [0.25, 0.3) is 0 Å². The summed E-state index contributed by atoms with van der Waals surface area (Å²) in [6.45, 7) is 0.672. The van der Waals surface area contributed by atoms with Crippen LogP contribution in [-0.4, -0.2) is 29.2 Å². The number of nitrogens with one attached hydrogen (secondary N) is 1. The van der Waals surface area contributed by atoms with Gasteiger partial charge in [-0.2, -0.15) is 0 Å². The van der Waals surface area contributed by atoms with Gasteiger partial charge in [-0.3, -0.25) is 10.6 Å². The van der Waals surface area contributed by atoms with Gasteiger partial charge in [0.1, 0.15) is 0 Å². The maximum atomic E-state index is 12.1. The topological polar surface area (TPSA) is 95.6 Å². The summed E-state index contributed by atoms with van der Waals surface area (Å²) in [5.74, 6) is 4.95. The molecule has 0 amide bonds. The van der Waals surface area contributed by atoms with Crippen LogP contribution in [0, 0.1) is 5.41 Å². The van der Waals surface area contributed by atoms with Gasteiger partial charge >= 0.3 is 0 Å². The van der Waals surface area contributed by atoms with Crippen LogP contribution in [0.1, 0.15) is 17.3 Å². The van der Waals surface area contributed by atoms with E-state index in [0.717, 1.165) is 0 Å². The second-order valence-electron chi connectivity index (χ2n) is 3.90. The van der Waals surface area contributed by atoms with Gasteiger partial charge < -0.3 is 15.6 Å². The molecule has 16 heavy (non-hydrogen) atoms. The summed E-state index contributed by atoms with van der Waals surface area (Å²) in [5.41, 5.74) is 2.05. The monoisotopic (exact) mass is 224 g/mol. The second-order valence-corrected chi connectivity index (χ2v) is 3.90. The van der Waals surface area contributed by atoms with E-state index >= 15 is 0 Å². The number of nitrogen functional groups attached to an aromatic ring is 1. The van der Waals surface area contributed by atoms with Crippen LogP contribution in [0.5, 0.6) is 0 Å². The molecule has 5 N–H and O–H groups in total. The van der Waals surface area contributed by atoms with Crippen molar-refractivity contribution < 1.29 is 15.0 Å². The fraction of sp³-hybridized carbons (Fsp3) is 0.364. The second kappa shape index (κ2) is 5.07. The molecule has 0 aliphatic carbocycles. The average Bonchev–Trinajstić information content (AvgIpc) is 2.36. The van der Waals surface area contributed by atoms with E-state index in [9.17, 15) is 4.79 Å². The van der Waals surface area contributed by atoms with E-state index in [1.165, 1.54) is 6.92 Å². The lowest BCUT2D eigenvalue weighted by atomic mass is 9.83. The van der Waals surface area contributed by atoms with E-state index in [1.807, 2.05) is 0 Å². The van der Waals surface area contributed by atoms with Crippen LogP contribution in [0.4, 0.5) is 5.69 Å². The van der Waals surface area contributed by atoms with Crippen molar-refractivity contribution in [1.82, 2.24) is 0 Å². The average molecular weight is 224 g/mol. The number of nitrogens with two attached hydrogens (primary N) is 1. The van der Waals surface area contributed by atoms with Crippen LogP contribution >= 0.6 is 0 Å². The minimum Gasteiger partial charge on any atom is -0.395 e. The first-order valence-electron chi connectivity index (χ1n) is 4.91. The van der Waals surface area contributed by atoms with Crippen LogP contribution in [0.25, 0.3) is 0 Å². The molecule has 0 saturated heterocycles. The first-order valence-corrected chi connectivity index (χ1v) is 4.91. The number of hydrogen-bond donors (Lipinski definition) is 4. The number of carbonyl (C=O) groups excluding carboxylic acids is 1. The maximum absolute atomic E-state index is 12.1. The van der Waals surface area contributed by atoms with Gasteiger partial charge in [-0.1, -0.05) is 12.1 Å². The summed E-state index contributed by atoms with van der Waals surface area (Å²) in [6.07, 6.45) is 0. The zero-order valence-electron chi connectivity index (χ0n) is 9.10. The van der Waals surface area contributed by atoms with Gasteiger partial charge in [0, 0.05) is 5.56 Å². The summed E-state index contributed by atoms with van der Waals surface area (Å²) in [4.78, 5) is 12.1. The fourth-order valence-corrected chi connectivity index (χ4v) is 1.33. The Morgan fingerprint density at radius 2 is 1.94 bits per heavy atom. The van der Waals surface area contributed by atoms with E-state index < -0.39 is 18.6 Å². The first-order chi connectivity index (χ1) is 7.59. The van der Waals surface area contributed by atoms with Crippen LogP contribution < -0.4 is 11.3 Å². The number of anilines is 1. The molecule has 0 radical (unpaired) electrons. The summed E-state index contributed by atoms with van der Waals surface area (Å²) < 4.78 is 0. The quantitative estimate of drug-likeness (QED) is 0.324. The van der Waals surface area contributed by atoms with Crippen molar-refractivity contribution in [2.45, 2.75) is 6.92 Å². The van der Waals surface area contributed by atoms with Crippen molar-refractivity contribution in [2.24, 2.45) is 11.3 Å². The minimum atomic E-state index is -1.19. The van der Waals surface area contributed by atoms with E-state index in [-0.39, 0.29) is 5.78 Å². The molecule has 0 heterocycles. The highest BCUT2D eigenvalue weighted by Crippen LogP contribution is 2.25. The molecular formula is C11H16N2O3. The zero-order valence-corrected chi connectivity index (χ0v) is 9.10. The molecule has 88 valence electrons. The van der Waals surface area contributed by atoms with Crippen molar-refractivity contribution in [2.75, 3.05) is 18.6 Å². The van der Waals surface area contributed by atoms with Crippen molar-refractivity contribution in [3.8, 4) is 0 Å². The Labute approximate surface area is 93.9 Å². The number of hydrogen-bond acceptors (Lipinski definition) is 5. The Morgan fingerprint density at radius 1 is 1.38 bits per heavy atom. The molecule has 0 spiro atoms. The maximum Gasteiger partial charge on any atom is 0.175 e. The summed E-state index contributed by atoms with van der Waals surface area (Å²) >= 11 is 0. The molecule has 0 fully saturated rings. The van der Waals surface area contributed by atoms with Gasteiger partial charge in [-0.15, -0.1) is 0 Å². The number of Topliss-reactive ketones (excluding diaryl/α,β-unsaturated/α-hetero) is 1. The Kier molecular flexibility index (Phi) is 4.00. The highest BCUT2D eigenvalue weighted by Gasteiger charge is 2.33. The molecule has 0 bridgehead atoms. The molecule has 5 heteroatoms. The third-order valence-corrected chi connectivity index (χ3v) is 2.57. The highest BCUT2D eigenvalue weighted by atomic mass is 16.3. The molecule has 0 aliphatic heterocycles. The van der Waals surface area contributed by atoms with Crippen LogP contribution in [0.15, 0.2) is 24.3 Å².